The van der Waals surface area contributed by atoms with E-state index < -0.39 is 35.7 Å². The van der Waals surface area contributed by atoms with E-state index in [9.17, 15) is 14.4 Å². The van der Waals surface area contributed by atoms with Crippen LogP contribution in [0, 0.1) is 12.8 Å². The molecule has 34 heavy (non-hydrogen) atoms. The maximum Gasteiger partial charge on any atom is 0.268 e. The van der Waals surface area contributed by atoms with Crippen LogP contribution in [0.2, 0.25) is 10.0 Å². The van der Waals surface area contributed by atoms with Crippen molar-refractivity contribution < 1.29 is 14.4 Å². The van der Waals surface area contributed by atoms with Crippen LogP contribution in [0.25, 0.3) is 0 Å². The Labute approximate surface area is 214 Å². The van der Waals surface area contributed by atoms with Gasteiger partial charge >= 0.3 is 0 Å². The van der Waals surface area contributed by atoms with Gasteiger partial charge in [0.25, 0.3) is 11.8 Å². The molecule has 172 valence electrons. The lowest BCUT2D eigenvalue weighted by molar-refractivity contribution is -0.123. The van der Waals surface area contributed by atoms with Gasteiger partial charge in [-0.25, -0.2) is 10.3 Å². The smallest absolute Gasteiger partial charge is 0.268 e. The fourth-order valence-corrected chi connectivity index (χ4v) is 5.38. The molecule has 2 saturated heterocycles. The molecule has 2 aliphatic rings. The van der Waals surface area contributed by atoms with Crippen molar-refractivity contribution in [2.24, 2.45) is 5.92 Å². The molecule has 3 aromatic rings. The van der Waals surface area contributed by atoms with E-state index in [4.69, 9.17) is 23.2 Å². The Morgan fingerprint density at radius 1 is 0.971 bits per heavy atom. The summed E-state index contributed by atoms with van der Waals surface area (Å²) in [5.41, 5.74) is 5.64. The molecule has 0 aliphatic carbocycles. The summed E-state index contributed by atoms with van der Waals surface area (Å²) in [5.74, 6) is -2.18. The van der Waals surface area contributed by atoms with Crippen molar-refractivity contribution >= 4 is 62.5 Å². The Morgan fingerprint density at radius 3 is 2.38 bits per heavy atom. The first kappa shape index (κ1) is 23.1. The molecule has 3 aromatic carbocycles. The minimum atomic E-state index is -1.03. The monoisotopic (exact) mass is 557 g/mol. The Balaban J connectivity index is 1.60. The van der Waals surface area contributed by atoms with Crippen molar-refractivity contribution in [2.45, 2.75) is 19.0 Å². The summed E-state index contributed by atoms with van der Waals surface area (Å²) in [6.45, 7) is 1.96. The number of aryl methyl sites for hydroxylation is 1. The van der Waals surface area contributed by atoms with E-state index in [-0.39, 0.29) is 10.7 Å². The van der Waals surface area contributed by atoms with Crippen LogP contribution in [-0.2, 0) is 9.59 Å². The number of hydrogen-bond donors (Lipinski definition) is 1. The Kier molecular flexibility index (Phi) is 5.98. The highest BCUT2D eigenvalue weighted by molar-refractivity contribution is 9.10. The molecule has 3 amide bonds. The van der Waals surface area contributed by atoms with E-state index in [0.29, 0.717) is 10.6 Å². The summed E-state index contributed by atoms with van der Waals surface area (Å²) in [6, 6.07) is 17.5. The van der Waals surface area contributed by atoms with Gasteiger partial charge in [-0.15, -0.1) is 0 Å². The lowest BCUT2D eigenvalue weighted by atomic mass is 9.90. The summed E-state index contributed by atoms with van der Waals surface area (Å²) < 4.78 is 0.729. The SMILES string of the molecule is Cc1ccc([C@@H]2NN(C(=O)c3cccc(Br)c3)[C@H]3C(=O)N(c4ccc(Cl)cc4Cl)C(=O)[C@H]23)cc1. The fourth-order valence-electron chi connectivity index (χ4n) is 4.49. The van der Waals surface area contributed by atoms with Gasteiger partial charge in [0.2, 0.25) is 5.91 Å². The molecule has 0 unspecified atom stereocenters. The van der Waals surface area contributed by atoms with Crippen LogP contribution in [-0.4, -0.2) is 28.8 Å². The number of benzene rings is 3. The average molecular weight is 559 g/mol. The molecule has 6 nitrogen and oxygen atoms in total. The molecular weight excluding hydrogens is 541 g/mol. The fraction of sp³-hybridized carbons (Fsp3) is 0.160. The Hall–Kier alpha value is -2.71. The quantitative estimate of drug-likeness (QED) is 0.441. The van der Waals surface area contributed by atoms with Crippen molar-refractivity contribution in [3.63, 3.8) is 0 Å². The van der Waals surface area contributed by atoms with Crippen molar-refractivity contribution in [1.29, 1.82) is 0 Å². The molecule has 2 fully saturated rings. The van der Waals surface area contributed by atoms with Gasteiger partial charge in [0, 0.05) is 15.1 Å². The normalized spacial score (nSPS) is 21.8. The van der Waals surface area contributed by atoms with E-state index in [1.807, 2.05) is 31.2 Å². The molecule has 0 bridgehead atoms. The number of hydrogen-bond acceptors (Lipinski definition) is 4. The number of hydrazine groups is 1. The summed E-state index contributed by atoms with van der Waals surface area (Å²) >= 11 is 15.7. The maximum absolute atomic E-state index is 13.7. The van der Waals surface area contributed by atoms with E-state index >= 15 is 0 Å². The van der Waals surface area contributed by atoms with Crippen molar-refractivity contribution in [3.8, 4) is 0 Å². The standard InChI is InChI=1S/C25H18BrCl2N3O3/c1-13-5-7-14(8-6-13)21-20-22(31(29-21)23(32)15-3-2-4-16(26)11-15)25(34)30(24(20)33)19-10-9-17(27)12-18(19)28/h2-12,20-22,29H,1H3/t20-,21+,22-/m1/s1. The number of nitrogens with zero attached hydrogens (tertiary/aromatic N) is 2. The molecule has 5 rings (SSSR count). The number of fused-ring (bicyclic) bond motifs is 1. The zero-order chi connectivity index (χ0) is 24.1. The minimum Gasteiger partial charge on any atom is -0.274 e. The van der Waals surface area contributed by atoms with Crippen LogP contribution in [0.3, 0.4) is 0 Å². The number of carbonyl (C=O) groups is 3. The number of anilines is 1. The van der Waals surface area contributed by atoms with Crippen molar-refractivity contribution in [3.05, 3.63) is 97.9 Å². The van der Waals surface area contributed by atoms with E-state index in [1.165, 1.54) is 17.1 Å². The molecule has 2 aliphatic heterocycles. The Bertz CT molecular complexity index is 1330. The number of carbonyl (C=O) groups excluding carboxylic acids is 3. The van der Waals surface area contributed by atoms with Gasteiger partial charge in [-0.05, 0) is 48.9 Å². The Morgan fingerprint density at radius 2 is 1.71 bits per heavy atom. The third-order valence-corrected chi connectivity index (χ3v) is 7.14. The molecule has 3 atom stereocenters. The van der Waals surface area contributed by atoms with Gasteiger partial charge in [0.15, 0.2) is 0 Å². The highest BCUT2D eigenvalue weighted by Gasteiger charge is 2.60. The molecule has 0 saturated carbocycles. The maximum atomic E-state index is 13.7. The molecule has 0 spiro atoms. The van der Waals surface area contributed by atoms with Crippen LogP contribution in [0.5, 0.6) is 0 Å². The molecule has 9 heteroatoms. The average Bonchev–Trinajstić information content (AvgIpc) is 3.31. The second kappa shape index (κ2) is 8.82. The summed E-state index contributed by atoms with van der Waals surface area (Å²) in [5, 5.41) is 1.85. The zero-order valence-electron chi connectivity index (χ0n) is 17.8. The van der Waals surface area contributed by atoms with Gasteiger partial charge in [-0.2, -0.15) is 0 Å². The highest BCUT2D eigenvalue weighted by Crippen LogP contribution is 2.44. The van der Waals surface area contributed by atoms with Crippen LogP contribution >= 0.6 is 39.1 Å². The lowest BCUT2D eigenvalue weighted by Crippen LogP contribution is -2.48. The van der Waals surface area contributed by atoms with Crippen LogP contribution in [0.1, 0.15) is 27.5 Å². The first-order chi connectivity index (χ1) is 16.3. The first-order valence-corrected chi connectivity index (χ1v) is 12.1. The van der Waals surface area contributed by atoms with Crippen LogP contribution < -0.4 is 10.3 Å². The largest absolute Gasteiger partial charge is 0.274 e. The predicted octanol–water partition coefficient (Wildman–Crippen LogP) is 5.32. The summed E-state index contributed by atoms with van der Waals surface area (Å²) in [6.07, 6.45) is 0. The number of amides is 3. The lowest BCUT2D eigenvalue weighted by Gasteiger charge is -2.25. The molecule has 0 radical (unpaired) electrons. The van der Waals surface area contributed by atoms with Gasteiger partial charge in [0.1, 0.15) is 6.04 Å². The summed E-state index contributed by atoms with van der Waals surface area (Å²) in [4.78, 5) is 41.9. The van der Waals surface area contributed by atoms with E-state index in [0.717, 1.165) is 20.5 Å². The van der Waals surface area contributed by atoms with Crippen molar-refractivity contribution in [2.75, 3.05) is 4.90 Å². The minimum absolute atomic E-state index is 0.180. The zero-order valence-corrected chi connectivity index (χ0v) is 20.9. The first-order valence-electron chi connectivity index (χ1n) is 10.5. The number of nitrogens with one attached hydrogen (secondary N) is 1. The number of imide groups is 1. The molecular formula is C25H18BrCl2N3O3. The van der Waals surface area contributed by atoms with Crippen LogP contribution in [0.4, 0.5) is 5.69 Å². The van der Waals surface area contributed by atoms with E-state index in [1.54, 1.807) is 30.3 Å². The summed E-state index contributed by atoms with van der Waals surface area (Å²) in [7, 11) is 0. The number of rotatable bonds is 3. The molecule has 0 aromatic heterocycles. The second-order valence-corrected chi connectivity index (χ2v) is 10.0. The molecule has 2 heterocycles. The van der Waals surface area contributed by atoms with Crippen molar-refractivity contribution in [1.82, 2.24) is 10.4 Å². The third kappa shape index (κ3) is 3.82. The molecule has 1 N–H and O–H groups in total. The van der Waals surface area contributed by atoms with Gasteiger partial charge in [-0.1, -0.05) is 75.0 Å². The predicted molar refractivity (Wildman–Crippen MR) is 134 cm³/mol. The third-order valence-electron chi connectivity index (χ3n) is 6.11. The van der Waals surface area contributed by atoms with E-state index in [2.05, 4.69) is 21.4 Å². The number of halogens is 3. The van der Waals surface area contributed by atoms with Crippen LogP contribution in [0.15, 0.2) is 71.2 Å². The second-order valence-electron chi connectivity index (χ2n) is 8.28. The topological polar surface area (TPSA) is 69.7 Å². The van der Waals surface area contributed by atoms with Gasteiger partial charge < -0.3 is 0 Å². The van der Waals surface area contributed by atoms with Gasteiger partial charge in [-0.3, -0.25) is 19.4 Å². The van der Waals surface area contributed by atoms with Gasteiger partial charge in [0.05, 0.1) is 22.7 Å². The highest BCUT2D eigenvalue weighted by atomic mass is 79.9.